The molecule has 1 nitrogen and oxygen atoms in total. The molecular weight excluding hydrogens is 290 g/mol. The van der Waals surface area contributed by atoms with E-state index in [4.69, 9.17) is 0 Å². The summed E-state index contributed by atoms with van der Waals surface area (Å²) in [6.45, 7) is 21.5. The average Bonchev–Trinajstić information content (AvgIpc) is 2.51. The maximum atomic E-state index is 2.61. The Kier molecular flexibility index (Phi) is 5.85. The van der Waals surface area contributed by atoms with Gasteiger partial charge in [0, 0.05) is 12.1 Å². The Morgan fingerprint density at radius 3 is 2.08 bits per heavy atom. The SMILES string of the molecule is Cc1cc(C(C)C)c2c(c1C)[C@H](C)[C@H](C)N(C)[C@H](C)CC2C(C)C. The van der Waals surface area contributed by atoms with E-state index >= 15 is 0 Å². The minimum Gasteiger partial charge on any atom is -0.300 e. The molecule has 0 amide bonds. The number of nitrogens with zero attached hydrogens (tertiary/aromatic N) is 1. The van der Waals surface area contributed by atoms with Crippen molar-refractivity contribution in [3.8, 4) is 0 Å². The van der Waals surface area contributed by atoms with Gasteiger partial charge in [-0.25, -0.2) is 0 Å². The molecule has 4 atom stereocenters. The molecule has 0 saturated heterocycles. The maximum Gasteiger partial charge on any atom is 0.0133 e. The molecule has 0 fully saturated rings. The van der Waals surface area contributed by atoms with Crippen molar-refractivity contribution in [2.45, 2.75) is 98.6 Å². The van der Waals surface area contributed by atoms with Crippen LogP contribution >= 0.6 is 0 Å². The minimum absolute atomic E-state index is 0.575. The quantitative estimate of drug-likeness (QED) is 0.608. The van der Waals surface area contributed by atoms with Crippen molar-refractivity contribution < 1.29 is 0 Å². The molecule has 1 aliphatic rings. The Bertz CT molecular complexity index is 584. The molecule has 24 heavy (non-hydrogen) atoms. The van der Waals surface area contributed by atoms with Gasteiger partial charge in [0.25, 0.3) is 0 Å². The number of hydrogen-bond acceptors (Lipinski definition) is 1. The normalized spacial score (nSPS) is 28.8. The molecular formula is C23H39N. The van der Waals surface area contributed by atoms with Gasteiger partial charge in [0.1, 0.15) is 0 Å². The van der Waals surface area contributed by atoms with Crippen molar-refractivity contribution in [3.05, 3.63) is 33.9 Å². The predicted octanol–water partition coefficient (Wildman–Crippen LogP) is 6.38. The van der Waals surface area contributed by atoms with E-state index in [1.807, 2.05) is 0 Å². The summed E-state index contributed by atoms with van der Waals surface area (Å²) in [4.78, 5) is 2.61. The first kappa shape index (κ1) is 19.5. The van der Waals surface area contributed by atoms with Crippen LogP contribution in [0.4, 0.5) is 0 Å². The summed E-state index contributed by atoms with van der Waals surface area (Å²) in [5.74, 6) is 2.50. The number of likely N-dealkylation sites (N-methyl/N-ethyl adjacent to an activating group) is 1. The molecule has 0 radical (unpaired) electrons. The van der Waals surface area contributed by atoms with Crippen LogP contribution in [0.25, 0.3) is 0 Å². The number of fused-ring (bicyclic) bond motifs is 1. The van der Waals surface area contributed by atoms with Crippen molar-refractivity contribution in [2.75, 3.05) is 7.05 Å². The standard InChI is InChI=1S/C23H39N/c1-13(2)20-11-15(5)17(7)22-18(8)19(9)24(10)16(6)12-21(14(3)4)23(20)22/h11,13-14,16,18-19,21H,12H2,1-10H3/t16-,18-,19+,21?/m1/s1. The molecule has 0 spiro atoms. The summed E-state index contributed by atoms with van der Waals surface area (Å²) >= 11 is 0. The molecule has 2 rings (SSSR count). The topological polar surface area (TPSA) is 3.24 Å². The monoisotopic (exact) mass is 329 g/mol. The largest absolute Gasteiger partial charge is 0.300 e. The van der Waals surface area contributed by atoms with Gasteiger partial charge in [-0.1, -0.05) is 40.7 Å². The number of benzene rings is 1. The number of aryl methyl sites for hydroxylation is 1. The second kappa shape index (κ2) is 7.20. The average molecular weight is 330 g/mol. The molecule has 0 N–H and O–H groups in total. The van der Waals surface area contributed by atoms with Gasteiger partial charge < -0.3 is 4.90 Å². The molecule has 1 aliphatic heterocycles. The van der Waals surface area contributed by atoms with Gasteiger partial charge in [-0.05, 0) is 92.7 Å². The molecule has 1 heteroatoms. The maximum absolute atomic E-state index is 2.61. The summed E-state index contributed by atoms with van der Waals surface area (Å²) in [5.41, 5.74) is 7.95. The lowest BCUT2D eigenvalue weighted by atomic mass is 9.70. The van der Waals surface area contributed by atoms with Crippen LogP contribution in [0.15, 0.2) is 6.07 Å². The molecule has 0 saturated carbocycles. The van der Waals surface area contributed by atoms with Crippen molar-refractivity contribution in [1.29, 1.82) is 0 Å². The predicted molar refractivity (Wildman–Crippen MR) is 107 cm³/mol. The summed E-state index contributed by atoms with van der Waals surface area (Å²) in [6, 6.07) is 3.69. The Morgan fingerprint density at radius 2 is 1.58 bits per heavy atom. The first-order valence-electron chi connectivity index (χ1n) is 9.93. The van der Waals surface area contributed by atoms with E-state index in [2.05, 4.69) is 80.3 Å². The minimum atomic E-state index is 0.575. The van der Waals surface area contributed by atoms with Crippen LogP contribution in [0.1, 0.15) is 100 Å². The third-order valence-electron chi connectivity index (χ3n) is 6.88. The van der Waals surface area contributed by atoms with Gasteiger partial charge in [0.2, 0.25) is 0 Å². The Hall–Kier alpha value is -0.820. The van der Waals surface area contributed by atoms with Gasteiger partial charge in [-0.15, -0.1) is 0 Å². The smallest absolute Gasteiger partial charge is 0.0133 e. The second-order valence-electron chi connectivity index (χ2n) is 9.02. The molecule has 1 unspecified atom stereocenters. The zero-order chi connectivity index (χ0) is 18.3. The fraction of sp³-hybridized carbons (Fsp3) is 0.739. The van der Waals surface area contributed by atoms with Crippen LogP contribution < -0.4 is 0 Å². The summed E-state index contributed by atoms with van der Waals surface area (Å²) in [5, 5.41) is 0. The third kappa shape index (κ3) is 3.29. The lowest BCUT2D eigenvalue weighted by molar-refractivity contribution is 0.148. The van der Waals surface area contributed by atoms with Crippen molar-refractivity contribution >= 4 is 0 Å². The molecule has 0 bridgehead atoms. The van der Waals surface area contributed by atoms with Gasteiger partial charge in [-0.3, -0.25) is 0 Å². The van der Waals surface area contributed by atoms with Crippen molar-refractivity contribution in [2.24, 2.45) is 5.92 Å². The molecule has 1 aromatic rings. The van der Waals surface area contributed by atoms with Crippen LogP contribution in [0, 0.1) is 19.8 Å². The summed E-state index contributed by atoms with van der Waals surface area (Å²) < 4.78 is 0. The van der Waals surface area contributed by atoms with E-state index in [0.29, 0.717) is 35.8 Å². The molecule has 136 valence electrons. The first-order chi connectivity index (χ1) is 11.1. The van der Waals surface area contributed by atoms with E-state index in [1.165, 1.54) is 17.5 Å². The lowest BCUT2D eigenvalue weighted by Crippen LogP contribution is -2.43. The Labute approximate surface area is 150 Å². The van der Waals surface area contributed by atoms with E-state index in [-0.39, 0.29) is 0 Å². The fourth-order valence-corrected chi connectivity index (χ4v) is 4.72. The highest BCUT2D eigenvalue weighted by Gasteiger charge is 2.35. The fourth-order valence-electron chi connectivity index (χ4n) is 4.72. The highest BCUT2D eigenvalue weighted by molar-refractivity contribution is 5.51. The van der Waals surface area contributed by atoms with E-state index < -0.39 is 0 Å². The van der Waals surface area contributed by atoms with Crippen LogP contribution in [0.5, 0.6) is 0 Å². The number of hydrogen-bond donors (Lipinski definition) is 0. The van der Waals surface area contributed by atoms with Crippen LogP contribution in [0.2, 0.25) is 0 Å². The highest BCUT2D eigenvalue weighted by Crippen LogP contribution is 2.45. The van der Waals surface area contributed by atoms with Crippen LogP contribution in [0.3, 0.4) is 0 Å². The highest BCUT2D eigenvalue weighted by atomic mass is 15.2. The van der Waals surface area contributed by atoms with E-state index in [0.717, 1.165) is 0 Å². The second-order valence-corrected chi connectivity index (χ2v) is 9.02. The molecule has 1 heterocycles. The molecule has 1 aromatic carbocycles. The van der Waals surface area contributed by atoms with Crippen molar-refractivity contribution in [3.63, 3.8) is 0 Å². The zero-order valence-electron chi connectivity index (χ0n) is 17.7. The van der Waals surface area contributed by atoms with Crippen LogP contribution in [-0.2, 0) is 0 Å². The van der Waals surface area contributed by atoms with Gasteiger partial charge >= 0.3 is 0 Å². The van der Waals surface area contributed by atoms with Gasteiger partial charge in [0.05, 0.1) is 0 Å². The number of rotatable bonds is 2. The molecule has 0 aliphatic carbocycles. The Balaban J connectivity index is 2.83. The van der Waals surface area contributed by atoms with Gasteiger partial charge in [-0.2, -0.15) is 0 Å². The molecule has 0 aromatic heterocycles. The summed E-state index contributed by atoms with van der Waals surface area (Å²) in [7, 11) is 2.32. The van der Waals surface area contributed by atoms with E-state index in [1.54, 1.807) is 16.7 Å². The zero-order valence-corrected chi connectivity index (χ0v) is 17.7. The first-order valence-corrected chi connectivity index (χ1v) is 9.93. The third-order valence-corrected chi connectivity index (χ3v) is 6.88. The van der Waals surface area contributed by atoms with Gasteiger partial charge in [0.15, 0.2) is 0 Å². The Morgan fingerprint density at radius 1 is 1.00 bits per heavy atom. The lowest BCUT2D eigenvalue weighted by Gasteiger charge is -2.43. The van der Waals surface area contributed by atoms with E-state index in [9.17, 15) is 0 Å². The van der Waals surface area contributed by atoms with Crippen molar-refractivity contribution in [1.82, 2.24) is 4.90 Å². The van der Waals surface area contributed by atoms with Crippen LogP contribution in [-0.4, -0.2) is 24.0 Å². The summed E-state index contributed by atoms with van der Waals surface area (Å²) in [6.07, 6.45) is 1.26.